The van der Waals surface area contributed by atoms with Crippen molar-refractivity contribution in [1.82, 2.24) is 9.78 Å². The average molecular weight is 322 g/mol. The van der Waals surface area contributed by atoms with Crippen LogP contribution in [0.15, 0.2) is 6.20 Å². The first kappa shape index (κ1) is 12.5. The highest BCUT2D eigenvalue weighted by atomic mass is 127. The lowest BCUT2D eigenvalue weighted by molar-refractivity contribution is 0.0525. The normalized spacial score (nSPS) is 10.7. The smallest absolute Gasteiger partial charge is 0.342 e. The van der Waals surface area contributed by atoms with E-state index < -0.39 is 0 Å². The van der Waals surface area contributed by atoms with Gasteiger partial charge >= 0.3 is 5.97 Å². The van der Waals surface area contributed by atoms with Gasteiger partial charge in [-0.2, -0.15) is 5.10 Å². The number of hydrogen-bond donors (Lipinski definition) is 0. The Balaban J connectivity index is 2.84. The maximum absolute atomic E-state index is 11.5. The van der Waals surface area contributed by atoms with Crippen LogP contribution in [-0.2, 0) is 11.3 Å². The van der Waals surface area contributed by atoms with E-state index in [2.05, 4.69) is 41.5 Å². The molecular formula is C10H15IN2O2. The fourth-order valence-corrected chi connectivity index (χ4v) is 1.87. The second-order valence-corrected chi connectivity index (χ2v) is 4.67. The summed E-state index contributed by atoms with van der Waals surface area (Å²) < 4.78 is 7.61. The average Bonchev–Trinajstić information content (AvgIpc) is 2.48. The number of rotatable bonds is 4. The third-order valence-corrected chi connectivity index (χ3v) is 2.95. The van der Waals surface area contributed by atoms with E-state index in [1.165, 1.54) is 0 Å². The molecule has 1 heterocycles. The molecule has 0 aliphatic heterocycles. The second kappa shape index (κ2) is 5.48. The van der Waals surface area contributed by atoms with Gasteiger partial charge in [0.15, 0.2) is 0 Å². The van der Waals surface area contributed by atoms with Gasteiger partial charge in [-0.25, -0.2) is 4.79 Å². The van der Waals surface area contributed by atoms with Gasteiger partial charge in [0.25, 0.3) is 0 Å². The van der Waals surface area contributed by atoms with E-state index in [1.54, 1.807) is 13.1 Å². The highest BCUT2D eigenvalue weighted by Gasteiger charge is 2.16. The molecule has 0 atom stereocenters. The van der Waals surface area contributed by atoms with E-state index in [-0.39, 0.29) is 5.97 Å². The van der Waals surface area contributed by atoms with Crippen LogP contribution in [0.2, 0.25) is 0 Å². The minimum atomic E-state index is -0.295. The lowest BCUT2D eigenvalue weighted by Crippen LogP contribution is -2.10. The molecule has 1 aromatic heterocycles. The van der Waals surface area contributed by atoms with Crippen molar-refractivity contribution in [2.45, 2.75) is 27.3 Å². The Morgan fingerprint density at radius 3 is 2.87 bits per heavy atom. The van der Waals surface area contributed by atoms with Gasteiger partial charge in [-0.3, -0.25) is 4.68 Å². The molecule has 0 bridgehead atoms. The number of hydrogen-bond acceptors (Lipinski definition) is 3. The summed E-state index contributed by atoms with van der Waals surface area (Å²) in [6.45, 7) is 7.23. The van der Waals surface area contributed by atoms with E-state index in [0.29, 0.717) is 18.1 Å². The monoisotopic (exact) mass is 322 g/mol. The number of halogens is 1. The molecule has 0 fully saturated rings. The van der Waals surface area contributed by atoms with Crippen LogP contribution < -0.4 is 0 Å². The number of carbonyl (C=O) groups is 1. The zero-order valence-corrected chi connectivity index (χ0v) is 11.3. The maximum Gasteiger partial charge on any atom is 0.342 e. The summed E-state index contributed by atoms with van der Waals surface area (Å²) in [4.78, 5) is 11.5. The van der Waals surface area contributed by atoms with Crippen LogP contribution in [0.1, 0.15) is 31.1 Å². The first-order valence-corrected chi connectivity index (χ1v) is 6.02. The van der Waals surface area contributed by atoms with Crippen LogP contribution in [0, 0.1) is 9.62 Å². The largest absolute Gasteiger partial charge is 0.462 e. The standard InChI is InChI=1S/C10H15IN2O2/c1-4-15-10(14)8-5-12-13(9(8)11)6-7(2)3/h5,7H,4,6H2,1-3H3. The number of carbonyl (C=O) groups excluding carboxylic acids is 1. The minimum absolute atomic E-state index is 0.295. The number of aromatic nitrogens is 2. The topological polar surface area (TPSA) is 44.1 Å². The van der Waals surface area contributed by atoms with Crippen molar-refractivity contribution in [2.24, 2.45) is 5.92 Å². The fourth-order valence-electron chi connectivity index (χ4n) is 1.19. The number of ether oxygens (including phenoxy) is 1. The molecule has 84 valence electrons. The van der Waals surface area contributed by atoms with Gasteiger partial charge in [0.1, 0.15) is 9.26 Å². The predicted molar refractivity (Wildman–Crippen MR) is 65.7 cm³/mol. The van der Waals surface area contributed by atoms with Gasteiger partial charge in [0.2, 0.25) is 0 Å². The molecule has 1 rings (SSSR count). The van der Waals surface area contributed by atoms with E-state index >= 15 is 0 Å². The van der Waals surface area contributed by atoms with E-state index in [4.69, 9.17) is 4.74 Å². The van der Waals surface area contributed by atoms with Crippen LogP contribution in [0.3, 0.4) is 0 Å². The van der Waals surface area contributed by atoms with Gasteiger partial charge in [-0.05, 0) is 35.4 Å². The summed E-state index contributed by atoms with van der Waals surface area (Å²) in [5, 5.41) is 4.17. The Morgan fingerprint density at radius 1 is 1.67 bits per heavy atom. The summed E-state index contributed by atoms with van der Waals surface area (Å²) in [6, 6.07) is 0. The van der Waals surface area contributed by atoms with Crippen molar-refractivity contribution >= 4 is 28.6 Å². The van der Waals surface area contributed by atoms with Crippen LogP contribution in [-0.4, -0.2) is 22.4 Å². The molecule has 0 unspecified atom stereocenters. The second-order valence-electron chi connectivity index (χ2n) is 3.65. The highest BCUT2D eigenvalue weighted by molar-refractivity contribution is 14.1. The quantitative estimate of drug-likeness (QED) is 0.631. The summed E-state index contributed by atoms with van der Waals surface area (Å²) in [5.41, 5.74) is 0.554. The number of esters is 1. The van der Waals surface area contributed by atoms with Crippen molar-refractivity contribution in [2.75, 3.05) is 6.61 Å². The van der Waals surface area contributed by atoms with Crippen LogP contribution in [0.4, 0.5) is 0 Å². The molecule has 0 saturated carbocycles. The summed E-state index contributed by atoms with van der Waals surface area (Å²) in [6.07, 6.45) is 1.57. The van der Waals surface area contributed by atoms with Gasteiger partial charge in [-0.15, -0.1) is 0 Å². The molecule has 1 aromatic rings. The van der Waals surface area contributed by atoms with E-state index in [1.807, 2.05) is 4.68 Å². The molecule has 0 aliphatic carbocycles. The van der Waals surface area contributed by atoms with Crippen molar-refractivity contribution in [3.05, 3.63) is 15.5 Å². The number of nitrogens with zero attached hydrogens (tertiary/aromatic N) is 2. The van der Waals surface area contributed by atoms with Crippen LogP contribution >= 0.6 is 22.6 Å². The summed E-state index contributed by atoms with van der Waals surface area (Å²) >= 11 is 2.12. The molecule has 0 saturated heterocycles. The first-order chi connectivity index (χ1) is 7.06. The molecule has 0 N–H and O–H groups in total. The Hall–Kier alpha value is -0.590. The first-order valence-electron chi connectivity index (χ1n) is 4.94. The minimum Gasteiger partial charge on any atom is -0.462 e. The third kappa shape index (κ3) is 3.19. The lowest BCUT2D eigenvalue weighted by Gasteiger charge is -2.06. The van der Waals surface area contributed by atoms with Gasteiger partial charge in [0, 0.05) is 6.54 Å². The van der Waals surface area contributed by atoms with Crippen molar-refractivity contribution in [3.63, 3.8) is 0 Å². The molecule has 0 spiro atoms. The fraction of sp³-hybridized carbons (Fsp3) is 0.600. The van der Waals surface area contributed by atoms with Gasteiger partial charge < -0.3 is 4.74 Å². The molecular weight excluding hydrogens is 307 g/mol. The Labute approximate surface area is 103 Å². The third-order valence-electron chi connectivity index (χ3n) is 1.81. The summed E-state index contributed by atoms with van der Waals surface area (Å²) in [7, 11) is 0. The SMILES string of the molecule is CCOC(=O)c1cnn(CC(C)C)c1I. The van der Waals surface area contributed by atoms with Crippen molar-refractivity contribution in [3.8, 4) is 0 Å². The molecule has 0 radical (unpaired) electrons. The van der Waals surface area contributed by atoms with Gasteiger partial charge in [0.05, 0.1) is 12.8 Å². The Bertz CT molecular complexity index is 347. The highest BCUT2D eigenvalue weighted by Crippen LogP contribution is 2.14. The van der Waals surface area contributed by atoms with E-state index in [0.717, 1.165) is 10.2 Å². The van der Waals surface area contributed by atoms with Gasteiger partial charge in [-0.1, -0.05) is 13.8 Å². The van der Waals surface area contributed by atoms with E-state index in [9.17, 15) is 4.79 Å². The Morgan fingerprint density at radius 2 is 2.33 bits per heavy atom. The lowest BCUT2D eigenvalue weighted by atomic mass is 10.2. The molecule has 0 aliphatic rings. The molecule has 0 aromatic carbocycles. The molecule has 5 heteroatoms. The Kier molecular flexibility index (Phi) is 4.56. The maximum atomic E-state index is 11.5. The van der Waals surface area contributed by atoms with Crippen LogP contribution in [0.25, 0.3) is 0 Å². The van der Waals surface area contributed by atoms with Crippen molar-refractivity contribution in [1.29, 1.82) is 0 Å². The molecule has 4 nitrogen and oxygen atoms in total. The van der Waals surface area contributed by atoms with Crippen molar-refractivity contribution < 1.29 is 9.53 Å². The van der Waals surface area contributed by atoms with Crippen LogP contribution in [0.5, 0.6) is 0 Å². The molecule has 15 heavy (non-hydrogen) atoms. The zero-order valence-electron chi connectivity index (χ0n) is 9.16. The zero-order chi connectivity index (χ0) is 11.4. The molecule has 0 amide bonds. The summed E-state index contributed by atoms with van der Waals surface area (Å²) in [5.74, 6) is 0.213. The predicted octanol–water partition coefficient (Wildman–Crippen LogP) is 2.32.